The van der Waals surface area contributed by atoms with Crippen LogP contribution in [-0.4, -0.2) is 38.6 Å². The Hall–Kier alpha value is -3.27. The van der Waals surface area contributed by atoms with Gasteiger partial charge in [0, 0.05) is 17.7 Å². The van der Waals surface area contributed by atoms with Gasteiger partial charge in [-0.15, -0.1) is 0 Å². The first-order chi connectivity index (χ1) is 13.0. The molecule has 1 heterocycles. The van der Waals surface area contributed by atoms with E-state index in [0.717, 1.165) is 29.8 Å². The van der Waals surface area contributed by atoms with Gasteiger partial charge in [-0.25, -0.2) is 0 Å². The zero-order valence-electron chi connectivity index (χ0n) is 14.5. The molecule has 1 unspecified atom stereocenters. The Labute approximate surface area is 156 Å². The van der Waals surface area contributed by atoms with E-state index in [4.69, 9.17) is 0 Å². The van der Waals surface area contributed by atoms with E-state index < -0.39 is 29.2 Å². The minimum Gasteiger partial charge on any atom is -0.362 e. The smallest absolute Gasteiger partial charge is 0.362 e. The van der Waals surface area contributed by atoms with Crippen molar-refractivity contribution >= 4 is 17.3 Å². The van der Waals surface area contributed by atoms with Crippen LogP contribution in [0.5, 0.6) is 0 Å². The van der Waals surface area contributed by atoms with Crippen molar-refractivity contribution in [2.75, 3.05) is 0 Å². The topological polar surface area (TPSA) is 96.0 Å². The van der Waals surface area contributed by atoms with Gasteiger partial charge in [-0.3, -0.25) is 14.9 Å². The number of benzene rings is 2. The predicted molar refractivity (Wildman–Crippen MR) is 92.6 cm³/mol. The Bertz CT molecular complexity index is 956. The summed E-state index contributed by atoms with van der Waals surface area (Å²) in [4.78, 5) is 22.6. The Morgan fingerprint density at radius 2 is 1.75 bits per heavy atom. The van der Waals surface area contributed by atoms with Gasteiger partial charge in [-0.05, 0) is 24.6 Å². The van der Waals surface area contributed by atoms with Gasteiger partial charge in [-0.1, -0.05) is 29.8 Å². The maximum atomic E-state index is 13.6. The van der Waals surface area contributed by atoms with Crippen LogP contribution in [0.3, 0.4) is 0 Å². The second-order valence-corrected chi connectivity index (χ2v) is 6.32. The van der Waals surface area contributed by atoms with E-state index in [-0.39, 0.29) is 22.0 Å². The maximum Gasteiger partial charge on any atom is 0.438 e. The number of aryl methyl sites for hydroxylation is 1. The molecule has 0 saturated heterocycles. The first-order valence-corrected chi connectivity index (χ1v) is 8.05. The van der Waals surface area contributed by atoms with Crippen LogP contribution in [0.4, 0.5) is 18.9 Å². The second kappa shape index (κ2) is 6.71. The third-order valence-electron chi connectivity index (χ3n) is 4.34. The molecule has 1 aliphatic rings. The molecule has 1 N–H and O–H groups in total. The van der Waals surface area contributed by atoms with E-state index in [1.54, 1.807) is 31.2 Å². The lowest BCUT2D eigenvalue weighted by Gasteiger charge is -2.32. The Balaban J connectivity index is 2.01. The molecule has 2 aromatic rings. The summed E-state index contributed by atoms with van der Waals surface area (Å²) in [5, 5.41) is 24.7. The van der Waals surface area contributed by atoms with Gasteiger partial charge in [0.2, 0.25) is 0 Å². The van der Waals surface area contributed by atoms with E-state index in [1.165, 1.54) is 0 Å². The fourth-order valence-electron chi connectivity index (χ4n) is 2.73. The fourth-order valence-corrected chi connectivity index (χ4v) is 2.73. The number of non-ortho nitro benzene ring substituents is 1. The normalized spacial score (nSPS) is 19.5. The first kappa shape index (κ1) is 19.5. The second-order valence-electron chi connectivity index (χ2n) is 6.32. The summed E-state index contributed by atoms with van der Waals surface area (Å²) in [5.74, 6) is -1.23. The van der Waals surface area contributed by atoms with Crippen molar-refractivity contribution in [1.29, 1.82) is 0 Å². The summed E-state index contributed by atoms with van der Waals surface area (Å²) in [5.41, 5.74) is -3.00. The number of halogens is 3. The Morgan fingerprint density at radius 1 is 1.18 bits per heavy atom. The number of hydrogen-bond donors (Lipinski definition) is 1. The van der Waals surface area contributed by atoms with Crippen molar-refractivity contribution in [2.45, 2.75) is 25.2 Å². The summed E-state index contributed by atoms with van der Waals surface area (Å²) in [6.45, 7) is 1.80. The van der Waals surface area contributed by atoms with E-state index in [0.29, 0.717) is 5.56 Å². The summed E-state index contributed by atoms with van der Waals surface area (Å²) in [6.07, 6.45) is -6.10. The number of hydrogen-bond acceptors (Lipinski definition) is 5. The number of hydrazone groups is 1. The van der Waals surface area contributed by atoms with Crippen LogP contribution in [0.25, 0.3) is 0 Å². The van der Waals surface area contributed by atoms with Gasteiger partial charge >= 0.3 is 6.18 Å². The van der Waals surface area contributed by atoms with E-state index in [9.17, 15) is 33.2 Å². The molecule has 0 fully saturated rings. The minimum atomic E-state index is -5.17. The lowest BCUT2D eigenvalue weighted by Crippen LogP contribution is -2.56. The summed E-state index contributed by atoms with van der Waals surface area (Å²) in [6, 6.07) is 10.4. The molecule has 1 atom stereocenters. The minimum absolute atomic E-state index is 0.0106. The number of nitro benzene ring substituents is 1. The quantitative estimate of drug-likeness (QED) is 0.639. The fraction of sp³-hybridized carbons (Fsp3) is 0.222. The molecular weight excluding hydrogens is 379 g/mol. The van der Waals surface area contributed by atoms with Crippen LogP contribution in [0.2, 0.25) is 0 Å². The Kier molecular flexibility index (Phi) is 4.67. The van der Waals surface area contributed by atoms with Crippen LogP contribution in [0.1, 0.15) is 27.9 Å². The van der Waals surface area contributed by atoms with Crippen LogP contribution in [0, 0.1) is 17.0 Å². The lowest BCUT2D eigenvalue weighted by molar-refractivity contribution is -0.384. The van der Waals surface area contributed by atoms with Crippen LogP contribution in [0.15, 0.2) is 53.6 Å². The van der Waals surface area contributed by atoms with Crippen molar-refractivity contribution < 1.29 is 28.0 Å². The number of amides is 1. The van der Waals surface area contributed by atoms with Crippen molar-refractivity contribution in [3.8, 4) is 0 Å². The molecular formula is C18H14F3N3O4. The zero-order valence-corrected chi connectivity index (χ0v) is 14.5. The molecule has 0 aliphatic carbocycles. The summed E-state index contributed by atoms with van der Waals surface area (Å²) in [7, 11) is 0. The average Bonchev–Trinajstić information content (AvgIpc) is 3.00. The average molecular weight is 393 g/mol. The number of aliphatic hydroxyl groups is 1. The van der Waals surface area contributed by atoms with E-state index in [1.807, 2.05) is 0 Å². The zero-order chi connectivity index (χ0) is 20.7. The largest absolute Gasteiger partial charge is 0.438 e. The van der Waals surface area contributed by atoms with Crippen molar-refractivity contribution in [3.63, 3.8) is 0 Å². The molecule has 1 amide bonds. The molecule has 0 radical (unpaired) electrons. The number of carbonyl (C=O) groups excluding carboxylic acids is 1. The van der Waals surface area contributed by atoms with Crippen LogP contribution in [-0.2, 0) is 0 Å². The lowest BCUT2D eigenvalue weighted by atomic mass is 10.00. The standard InChI is InChI=1S/C18H14F3N3O4/c1-11-2-4-12(5-3-11)15-10-17(26,18(19,20)21)23(22-15)16(25)13-6-8-14(9-7-13)24(27)28/h2-9,26H,10H2,1H3. The molecule has 0 bridgehead atoms. The molecule has 7 nitrogen and oxygen atoms in total. The van der Waals surface area contributed by atoms with Gasteiger partial charge in [0.15, 0.2) is 0 Å². The molecule has 0 saturated carbocycles. The van der Waals surface area contributed by atoms with Gasteiger partial charge < -0.3 is 5.11 Å². The highest BCUT2D eigenvalue weighted by Gasteiger charge is 2.63. The number of alkyl halides is 3. The first-order valence-electron chi connectivity index (χ1n) is 8.05. The summed E-state index contributed by atoms with van der Waals surface area (Å²) >= 11 is 0. The molecule has 0 spiro atoms. The summed E-state index contributed by atoms with van der Waals surface area (Å²) < 4.78 is 40.8. The van der Waals surface area contributed by atoms with Crippen molar-refractivity contribution in [2.24, 2.45) is 5.10 Å². The molecule has 10 heteroatoms. The molecule has 3 rings (SSSR count). The van der Waals surface area contributed by atoms with Crippen molar-refractivity contribution in [3.05, 3.63) is 75.3 Å². The molecule has 2 aromatic carbocycles. The number of carbonyl (C=O) groups is 1. The predicted octanol–water partition coefficient (Wildman–Crippen LogP) is 3.40. The van der Waals surface area contributed by atoms with Crippen LogP contribution >= 0.6 is 0 Å². The van der Waals surface area contributed by atoms with Gasteiger partial charge in [0.1, 0.15) is 0 Å². The Morgan fingerprint density at radius 3 is 2.25 bits per heavy atom. The van der Waals surface area contributed by atoms with Gasteiger partial charge in [0.05, 0.1) is 17.1 Å². The van der Waals surface area contributed by atoms with E-state index >= 15 is 0 Å². The number of nitrogens with zero attached hydrogens (tertiary/aromatic N) is 3. The highest BCUT2D eigenvalue weighted by atomic mass is 19.4. The molecule has 28 heavy (non-hydrogen) atoms. The van der Waals surface area contributed by atoms with Crippen LogP contribution < -0.4 is 0 Å². The highest BCUT2D eigenvalue weighted by Crippen LogP contribution is 2.42. The number of nitro groups is 1. The third-order valence-corrected chi connectivity index (χ3v) is 4.34. The number of rotatable bonds is 3. The highest BCUT2D eigenvalue weighted by molar-refractivity contribution is 6.05. The monoisotopic (exact) mass is 393 g/mol. The SMILES string of the molecule is Cc1ccc(C2=NN(C(=O)c3ccc([N+](=O)[O-])cc3)C(O)(C(F)(F)F)C2)cc1. The molecule has 0 aromatic heterocycles. The van der Waals surface area contributed by atoms with Crippen molar-refractivity contribution in [1.82, 2.24) is 5.01 Å². The third kappa shape index (κ3) is 3.33. The van der Waals surface area contributed by atoms with Gasteiger partial charge in [0.25, 0.3) is 17.3 Å². The molecule has 146 valence electrons. The maximum absolute atomic E-state index is 13.6. The molecule has 1 aliphatic heterocycles. The van der Waals surface area contributed by atoms with Gasteiger partial charge in [-0.2, -0.15) is 23.3 Å². The van der Waals surface area contributed by atoms with E-state index in [2.05, 4.69) is 5.10 Å².